The number of nitriles is 1. The van der Waals surface area contributed by atoms with Crippen molar-refractivity contribution >= 4 is 22.9 Å². The molecule has 1 N–H and O–H groups in total. The summed E-state index contributed by atoms with van der Waals surface area (Å²) in [6.45, 7) is 0.799. The third-order valence-electron chi connectivity index (χ3n) is 2.40. The van der Waals surface area contributed by atoms with E-state index in [1.54, 1.807) is 0 Å². The molecule has 0 spiro atoms. The fourth-order valence-corrected chi connectivity index (χ4v) is 2.82. The van der Waals surface area contributed by atoms with Crippen LogP contribution >= 0.6 is 22.9 Å². The molecule has 1 heterocycles. The van der Waals surface area contributed by atoms with E-state index in [4.69, 9.17) is 16.9 Å². The first-order chi connectivity index (χ1) is 8.24. The summed E-state index contributed by atoms with van der Waals surface area (Å²) in [6, 6.07) is 11.9. The van der Waals surface area contributed by atoms with Gasteiger partial charge >= 0.3 is 0 Å². The van der Waals surface area contributed by atoms with Crippen LogP contribution in [-0.2, 0) is 6.54 Å². The largest absolute Gasteiger partial charge is 0.316 e. The first kappa shape index (κ1) is 12.1. The van der Waals surface area contributed by atoms with Crippen molar-refractivity contribution in [2.45, 2.75) is 6.54 Å². The maximum Gasteiger partial charge on any atom is 0.110 e. The molecule has 0 atom stereocenters. The fraction of sp³-hybridized carbons (Fsp3) is 0.154. The summed E-state index contributed by atoms with van der Waals surface area (Å²) in [5, 5.41) is 12.6. The van der Waals surface area contributed by atoms with Crippen LogP contribution in [0.3, 0.4) is 0 Å². The number of rotatable bonds is 3. The van der Waals surface area contributed by atoms with Crippen LogP contribution in [0.5, 0.6) is 0 Å². The molecule has 86 valence electrons. The summed E-state index contributed by atoms with van der Waals surface area (Å²) in [5.41, 5.74) is 2.14. The molecule has 4 heteroatoms. The first-order valence-corrected chi connectivity index (χ1v) is 6.37. The topological polar surface area (TPSA) is 35.8 Å². The van der Waals surface area contributed by atoms with Gasteiger partial charge in [-0.25, -0.2) is 0 Å². The van der Waals surface area contributed by atoms with Crippen molar-refractivity contribution in [3.8, 4) is 16.5 Å². The lowest BCUT2D eigenvalue weighted by Crippen LogP contribution is -2.04. The standard InChI is InChI=1S/C13H11ClN2S/c1-16-8-9-2-4-11(12(14)6-9)13-5-3-10(7-15)17-13/h2-6,16H,8H2,1H3. The highest BCUT2D eigenvalue weighted by Crippen LogP contribution is 2.33. The monoisotopic (exact) mass is 262 g/mol. The Kier molecular flexibility index (Phi) is 3.80. The average Bonchev–Trinajstić information content (AvgIpc) is 2.78. The van der Waals surface area contributed by atoms with E-state index < -0.39 is 0 Å². The van der Waals surface area contributed by atoms with Crippen molar-refractivity contribution in [3.63, 3.8) is 0 Å². The van der Waals surface area contributed by atoms with Crippen molar-refractivity contribution in [1.29, 1.82) is 5.26 Å². The second-order valence-corrected chi connectivity index (χ2v) is 5.11. The van der Waals surface area contributed by atoms with E-state index in [2.05, 4.69) is 11.4 Å². The lowest BCUT2D eigenvalue weighted by atomic mass is 10.1. The third-order valence-corrected chi connectivity index (χ3v) is 3.73. The van der Waals surface area contributed by atoms with E-state index in [-0.39, 0.29) is 0 Å². The number of halogens is 1. The molecule has 0 aliphatic heterocycles. The minimum absolute atomic E-state index is 0.704. The Bertz CT molecular complexity index is 569. The van der Waals surface area contributed by atoms with Gasteiger partial charge in [-0.1, -0.05) is 23.7 Å². The molecule has 2 nitrogen and oxygen atoms in total. The van der Waals surface area contributed by atoms with E-state index in [9.17, 15) is 0 Å². The Labute approximate surface area is 109 Å². The normalized spacial score (nSPS) is 10.2. The highest BCUT2D eigenvalue weighted by atomic mass is 35.5. The minimum atomic E-state index is 0.704. The van der Waals surface area contributed by atoms with Gasteiger partial charge in [-0.05, 0) is 30.8 Å². The fourth-order valence-electron chi connectivity index (χ4n) is 1.62. The molecular formula is C13H11ClN2S. The minimum Gasteiger partial charge on any atom is -0.316 e. The number of hydrogen-bond acceptors (Lipinski definition) is 3. The summed E-state index contributed by atoms with van der Waals surface area (Å²) in [4.78, 5) is 1.73. The summed E-state index contributed by atoms with van der Waals surface area (Å²) >= 11 is 7.71. The van der Waals surface area contributed by atoms with E-state index in [0.29, 0.717) is 4.88 Å². The Balaban J connectivity index is 2.36. The molecule has 0 saturated heterocycles. The molecule has 0 aliphatic rings. The summed E-state index contributed by atoms with van der Waals surface area (Å²) < 4.78 is 0. The van der Waals surface area contributed by atoms with Crippen LogP contribution < -0.4 is 5.32 Å². The van der Waals surface area contributed by atoms with Gasteiger partial charge in [0.05, 0.1) is 0 Å². The SMILES string of the molecule is CNCc1ccc(-c2ccc(C#N)s2)c(Cl)c1. The molecule has 1 aromatic carbocycles. The molecule has 0 amide bonds. The van der Waals surface area contributed by atoms with Crippen molar-refractivity contribution in [3.05, 3.63) is 45.8 Å². The molecule has 2 rings (SSSR count). The quantitative estimate of drug-likeness (QED) is 0.916. The average molecular weight is 263 g/mol. The maximum absolute atomic E-state index is 8.80. The lowest BCUT2D eigenvalue weighted by Gasteiger charge is -2.05. The molecule has 0 unspecified atom stereocenters. The van der Waals surface area contributed by atoms with Gasteiger partial charge in [0.25, 0.3) is 0 Å². The van der Waals surface area contributed by atoms with Crippen molar-refractivity contribution in [1.82, 2.24) is 5.32 Å². The number of hydrogen-bond donors (Lipinski definition) is 1. The van der Waals surface area contributed by atoms with Crippen LogP contribution in [-0.4, -0.2) is 7.05 Å². The van der Waals surface area contributed by atoms with Gasteiger partial charge < -0.3 is 5.32 Å². The van der Waals surface area contributed by atoms with Crippen LogP contribution in [0.4, 0.5) is 0 Å². The Hall–Kier alpha value is -1.34. The molecule has 0 fully saturated rings. The molecule has 1 aromatic heterocycles. The van der Waals surface area contributed by atoms with Crippen molar-refractivity contribution < 1.29 is 0 Å². The van der Waals surface area contributed by atoms with E-state index >= 15 is 0 Å². The zero-order valence-corrected chi connectivity index (χ0v) is 10.9. The van der Waals surface area contributed by atoms with Crippen LogP contribution in [0, 0.1) is 11.3 Å². The number of nitrogens with one attached hydrogen (secondary N) is 1. The highest BCUT2D eigenvalue weighted by molar-refractivity contribution is 7.16. The Morgan fingerprint density at radius 3 is 2.76 bits per heavy atom. The highest BCUT2D eigenvalue weighted by Gasteiger charge is 2.07. The number of thiophene rings is 1. The molecule has 0 aliphatic carbocycles. The summed E-state index contributed by atoms with van der Waals surface area (Å²) in [5.74, 6) is 0. The van der Waals surface area contributed by atoms with Gasteiger partial charge in [-0.15, -0.1) is 11.3 Å². The summed E-state index contributed by atoms with van der Waals surface area (Å²) in [6.07, 6.45) is 0. The van der Waals surface area contributed by atoms with E-state index in [1.165, 1.54) is 11.3 Å². The van der Waals surface area contributed by atoms with Crippen LogP contribution in [0.15, 0.2) is 30.3 Å². The second kappa shape index (κ2) is 5.33. The van der Waals surface area contributed by atoms with Crippen molar-refractivity contribution in [2.24, 2.45) is 0 Å². The van der Waals surface area contributed by atoms with Crippen LogP contribution in [0.1, 0.15) is 10.4 Å². The molecule has 0 bridgehead atoms. The smallest absolute Gasteiger partial charge is 0.110 e. The zero-order chi connectivity index (χ0) is 12.3. The van der Waals surface area contributed by atoms with Gasteiger partial charge in [0.15, 0.2) is 0 Å². The Morgan fingerprint density at radius 2 is 2.18 bits per heavy atom. The molecule has 17 heavy (non-hydrogen) atoms. The lowest BCUT2D eigenvalue weighted by molar-refractivity contribution is 0.818. The molecule has 2 aromatic rings. The van der Waals surface area contributed by atoms with Gasteiger partial charge in [0.2, 0.25) is 0 Å². The third kappa shape index (κ3) is 2.67. The molecule has 0 radical (unpaired) electrons. The van der Waals surface area contributed by atoms with Gasteiger partial charge in [0, 0.05) is 22.0 Å². The molecular weight excluding hydrogens is 252 g/mol. The van der Waals surface area contributed by atoms with Gasteiger partial charge in [-0.2, -0.15) is 5.26 Å². The molecule has 0 saturated carbocycles. The van der Waals surface area contributed by atoms with Crippen LogP contribution in [0.2, 0.25) is 5.02 Å². The second-order valence-electron chi connectivity index (χ2n) is 3.62. The number of nitrogens with zero attached hydrogens (tertiary/aromatic N) is 1. The van der Waals surface area contributed by atoms with Crippen molar-refractivity contribution in [2.75, 3.05) is 7.05 Å². The predicted octanol–water partition coefficient (Wildman–Crippen LogP) is 3.66. The van der Waals surface area contributed by atoms with Gasteiger partial charge in [0.1, 0.15) is 10.9 Å². The maximum atomic E-state index is 8.80. The van der Waals surface area contributed by atoms with Crippen LogP contribution in [0.25, 0.3) is 10.4 Å². The van der Waals surface area contributed by atoms with Gasteiger partial charge in [-0.3, -0.25) is 0 Å². The first-order valence-electron chi connectivity index (χ1n) is 5.18. The number of benzene rings is 1. The van der Waals surface area contributed by atoms with E-state index in [1.807, 2.05) is 37.4 Å². The zero-order valence-electron chi connectivity index (χ0n) is 9.33. The predicted molar refractivity (Wildman–Crippen MR) is 72.2 cm³/mol. The van der Waals surface area contributed by atoms with E-state index in [0.717, 1.165) is 27.6 Å². The Morgan fingerprint density at radius 1 is 1.35 bits per heavy atom. The summed E-state index contributed by atoms with van der Waals surface area (Å²) in [7, 11) is 1.90.